The van der Waals surface area contributed by atoms with Crippen molar-refractivity contribution in [1.82, 2.24) is 0 Å². The van der Waals surface area contributed by atoms with Gasteiger partial charge in [-0.25, -0.2) is 18.0 Å². The fourth-order valence-corrected chi connectivity index (χ4v) is 6.29. The molecule has 2 N–H and O–H groups in total. The molecule has 0 atom stereocenters. The molecule has 4 rings (SSSR count). The second-order valence-corrected chi connectivity index (χ2v) is 11.0. The van der Waals surface area contributed by atoms with E-state index in [2.05, 4.69) is 10.0 Å². The molecule has 1 heterocycles. The van der Waals surface area contributed by atoms with Crippen molar-refractivity contribution in [3.05, 3.63) is 76.2 Å². The standard InChI is InChI=1S/C26H26N2O7S2/c1-2-34-26(31)23-20-10-6-7-11-21(20)36-24(23)27-22(29)16-35-25(30)17-12-14-19(15-13-17)37(32,33)28-18-8-4-3-5-9-18/h3-5,8-9,12-15,28H,2,6-7,10-11,16H2,1H3,(H,27,29). The zero-order valence-corrected chi connectivity index (χ0v) is 21.7. The van der Waals surface area contributed by atoms with Crippen LogP contribution in [0.15, 0.2) is 59.5 Å². The summed E-state index contributed by atoms with van der Waals surface area (Å²) in [6.45, 7) is 1.37. The molecule has 0 radical (unpaired) electrons. The monoisotopic (exact) mass is 542 g/mol. The molecule has 0 saturated carbocycles. The smallest absolute Gasteiger partial charge is 0.341 e. The number of fused-ring (bicyclic) bond motifs is 1. The highest BCUT2D eigenvalue weighted by atomic mass is 32.2. The van der Waals surface area contributed by atoms with Crippen LogP contribution >= 0.6 is 11.3 Å². The maximum atomic E-state index is 12.5. The maximum absolute atomic E-state index is 12.5. The molecular weight excluding hydrogens is 516 g/mol. The lowest BCUT2D eigenvalue weighted by atomic mass is 9.95. The Hall–Kier alpha value is -3.70. The zero-order valence-electron chi connectivity index (χ0n) is 20.1. The molecular formula is C26H26N2O7S2. The average molecular weight is 543 g/mol. The average Bonchev–Trinajstić information content (AvgIpc) is 3.25. The number of amides is 1. The van der Waals surface area contributed by atoms with E-state index in [1.807, 2.05) is 0 Å². The highest BCUT2D eigenvalue weighted by Gasteiger charge is 2.27. The van der Waals surface area contributed by atoms with Gasteiger partial charge in [0.1, 0.15) is 5.00 Å². The predicted molar refractivity (Wildman–Crippen MR) is 140 cm³/mol. The van der Waals surface area contributed by atoms with Crippen molar-refractivity contribution in [3.8, 4) is 0 Å². The molecule has 1 amide bonds. The van der Waals surface area contributed by atoms with Crippen molar-refractivity contribution in [2.75, 3.05) is 23.3 Å². The lowest BCUT2D eigenvalue weighted by molar-refractivity contribution is -0.119. The minimum absolute atomic E-state index is 0.0289. The van der Waals surface area contributed by atoms with Gasteiger partial charge < -0.3 is 14.8 Å². The number of ether oxygens (including phenoxy) is 2. The largest absolute Gasteiger partial charge is 0.462 e. The molecule has 1 aromatic heterocycles. The fourth-order valence-electron chi connectivity index (χ4n) is 3.94. The lowest BCUT2D eigenvalue weighted by Crippen LogP contribution is -2.22. The molecule has 3 aromatic rings. The Balaban J connectivity index is 1.37. The van der Waals surface area contributed by atoms with Gasteiger partial charge >= 0.3 is 11.9 Å². The van der Waals surface area contributed by atoms with Gasteiger partial charge in [0.05, 0.1) is 22.6 Å². The first-order chi connectivity index (χ1) is 17.8. The van der Waals surface area contributed by atoms with Crippen molar-refractivity contribution in [2.45, 2.75) is 37.5 Å². The number of thiophene rings is 1. The third-order valence-corrected chi connectivity index (χ3v) is 8.27. The van der Waals surface area contributed by atoms with Crippen molar-refractivity contribution >= 4 is 49.9 Å². The Morgan fingerprint density at radius 2 is 1.62 bits per heavy atom. The number of nitrogens with one attached hydrogen (secondary N) is 2. The Morgan fingerprint density at radius 3 is 2.32 bits per heavy atom. The van der Waals surface area contributed by atoms with Crippen LogP contribution in [-0.2, 0) is 37.1 Å². The number of esters is 2. The number of benzene rings is 2. The summed E-state index contributed by atoms with van der Waals surface area (Å²) in [7, 11) is -3.84. The van der Waals surface area contributed by atoms with E-state index < -0.39 is 34.5 Å². The SMILES string of the molecule is CCOC(=O)c1c(NC(=O)COC(=O)c2ccc(S(=O)(=O)Nc3ccccc3)cc2)sc2c1CCCC2. The minimum atomic E-state index is -3.84. The summed E-state index contributed by atoms with van der Waals surface area (Å²) in [5.74, 6) is -1.86. The van der Waals surface area contributed by atoms with E-state index in [4.69, 9.17) is 9.47 Å². The topological polar surface area (TPSA) is 128 Å². The molecule has 9 nitrogen and oxygen atoms in total. The molecule has 37 heavy (non-hydrogen) atoms. The van der Waals surface area contributed by atoms with Gasteiger partial charge in [0.25, 0.3) is 15.9 Å². The van der Waals surface area contributed by atoms with Gasteiger partial charge in [0.15, 0.2) is 6.61 Å². The van der Waals surface area contributed by atoms with Crippen LogP contribution in [0.3, 0.4) is 0 Å². The number of aryl methyl sites for hydroxylation is 1. The summed E-state index contributed by atoms with van der Waals surface area (Å²) >= 11 is 1.34. The van der Waals surface area contributed by atoms with Crippen LogP contribution in [-0.4, -0.2) is 39.5 Å². The van der Waals surface area contributed by atoms with E-state index in [-0.39, 0.29) is 17.1 Å². The lowest BCUT2D eigenvalue weighted by Gasteiger charge is -2.12. The summed E-state index contributed by atoms with van der Waals surface area (Å²) in [6.07, 6.45) is 3.56. The third kappa shape index (κ3) is 6.36. The molecule has 194 valence electrons. The Morgan fingerprint density at radius 1 is 0.919 bits per heavy atom. The fraction of sp³-hybridized carbons (Fsp3) is 0.269. The quantitative estimate of drug-likeness (QED) is 0.384. The van der Waals surface area contributed by atoms with Crippen LogP contribution in [0, 0.1) is 0 Å². The number of sulfonamides is 1. The summed E-state index contributed by atoms with van der Waals surface area (Å²) < 4.78 is 37.8. The van der Waals surface area contributed by atoms with Crippen LogP contribution in [0.25, 0.3) is 0 Å². The van der Waals surface area contributed by atoms with Crippen molar-refractivity contribution in [2.24, 2.45) is 0 Å². The highest BCUT2D eigenvalue weighted by Crippen LogP contribution is 2.38. The summed E-state index contributed by atoms with van der Waals surface area (Å²) in [5.41, 5.74) is 1.79. The van der Waals surface area contributed by atoms with Crippen LogP contribution in [0.4, 0.5) is 10.7 Å². The second kappa shape index (κ2) is 11.6. The number of hydrogen-bond donors (Lipinski definition) is 2. The van der Waals surface area contributed by atoms with Crippen molar-refractivity contribution < 1.29 is 32.3 Å². The molecule has 0 spiro atoms. The summed E-state index contributed by atoms with van der Waals surface area (Å²) in [5, 5.41) is 3.08. The first kappa shape index (κ1) is 26.4. The molecule has 0 unspecified atom stereocenters. The van der Waals surface area contributed by atoms with E-state index in [0.717, 1.165) is 36.1 Å². The Kier molecular flexibility index (Phi) is 8.24. The number of carbonyl (C=O) groups excluding carboxylic acids is 3. The van der Waals surface area contributed by atoms with Crippen molar-refractivity contribution in [1.29, 1.82) is 0 Å². The summed E-state index contributed by atoms with van der Waals surface area (Å²) in [6, 6.07) is 13.6. The van der Waals surface area contributed by atoms with Gasteiger partial charge in [-0.15, -0.1) is 11.3 Å². The number of carbonyl (C=O) groups is 3. The van der Waals surface area contributed by atoms with E-state index in [9.17, 15) is 22.8 Å². The van der Waals surface area contributed by atoms with E-state index >= 15 is 0 Å². The first-order valence-corrected chi connectivity index (χ1v) is 14.0. The van der Waals surface area contributed by atoms with Crippen molar-refractivity contribution in [3.63, 3.8) is 0 Å². The number of anilines is 2. The van der Waals surface area contributed by atoms with E-state index in [1.165, 1.54) is 35.6 Å². The van der Waals surface area contributed by atoms with Crippen LogP contribution < -0.4 is 10.0 Å². The molecule has 0 bridgehead atoms. The van der Waals surface area contributed by atoms with Crippen LogP contribution in [0.2, 0.25) is 0 Å². The molecule has 11 heteroatoms. The number of rotatable bonds is 9. The molecule has 2 aromatic carbocycles. The van der Waals surface area contributed by atoms with Gasteiger partial charge in [0.2, 0.25) is 0 Å². The van der Waals surface area contributed by atoms with Gasteiger partial charge in [-0.2, -0.15) is 0 Å². The first-order valence-electron chi connectivity index (χ1n) is 11.7. The van der Waals surface area contributed by atoms with Crippen LogP contribution in [0.1, 0.15) is 50.9 Å². The zero-order chi connectivity index (χ0) is 26.4. The van der Waals surface area contributed by atoms with Crippen LogP contribution in [0.5, 0.6) is 0 Å². The maximum Gasteiger partial charge on any atom is 0.341 e. The Bertz CT molecular complexity index is 1400. The minimum Gasteiger partial charge on any atom is -0.462 e. The summed E-state index contributed by atoms with van der Waals surface area (Å²) in [4.78, 5) is 38.5. The molecule has 0 aliphatic heterocycles. The predicted octanol–water partition coefficient (Wildman–Crippen LogP) is 4.40. The number of hydrogen-bond acceptors (Lipinski definition) is 8. The second-order valence-electron chi connectivity index (χ2n) is 8.26. The van der Waals surface area contributed by atoms with Gasteiger partial charge in [-0.3, -0.25) is 9.52 Å². The van der Waals surface area contributed by atoms with E-state index in [0.29, 0.717) is 16.3 Å². The Labute approximate surface area is 218 Å². The third-order valence-electron chi connectivity index (χ3n) is 5.66. The molecule has 1 aliphatic carbocycles. The van der Waals surface area contributed by atoms with Gasteiger partial charge in [0, 0.05) is 10.6 Å². The van der Waals surface area contributed by atoms with Gasteiger partial charge in [-0.05, 0) is 74.6 Å². The highest BCUT2D eigenvalue weighted by molar-refractivity contribution is 7.92. The molecule has 0 saturated heterocycles. The molecule has 1 aliphatic rings. The molecule has 0 fully saturated rings. The van der Waals surface area contributed by atoms with Gasteiger partial charge in [-0.1, -0.05) is 18.2 Å². The van der Waals surface area contributed by atoms with E-state index in [1.54, 1.807) is 37.3 Å². The number of para-hydroxylation sites is 1. The normalized spacial score (nSPS) is 12.8.